The van der Waals surface area contributed by atoms with Crippen LogP contribution in [-0.2, 0) is 30.2 Å². The third-order valence-corrected chi connectivity index (χ3v) is 7.32. The van der Waals surface area contributed by atoms with Gasteiger partial charge in [0.15, 0.2) is 0 Å². The number of esters is 1. The quantitative estimate of drug-likeness (QED) is 0.172. The number of nitrogens with one attached hydrogen (secondary N) is 1. The van der Waals surface area contributed by atoms with E-state index in [4.69, 9.17) is 18.9 Å². The Labute approximate surface area is 281 Å². The van der Waals surface area contributed by atoms with Crippen LogP contribution in [0.15, 0.2) is 72.8 Å². The Hall–Kier alpha value is -5.06. The van der Waals surface area contributed by atoms with Crippen LogP contribution in [0, 0.1) is 0 Å². The summed E-state index contributed by atoms with van der Waals surface area (Å²) in [5.74, 6) is -1.45. The zero-order valence-electron chi connectivity index (χ0n) is 28.3. The Balaban J connectivity index is 1.29. The van der Waals surface area contributed by atoms with Crippen molar-refractivity contribution in [1.82, 2.24) is 10.2 Å². The number of amides is 2. The second kappa shape index (κ2) is 15.2. The Morgan fingerprint density at radius 1 is 0.812 bits per heavy atom. The third kappa shape index (κ3) is 10.2. The summed E-state index contributed by atoms with van der Waals surface area (Å²) in [5, 5.41) is 12.3. The van der Waals surface area contributed by atoms with Crippen molar-refractivity contribution < 1.29 is 43.2 Å². The molecule has 0 saturated carbocycles. The Morgan fingerprint density at radius 3 is 1.92 bits per heavy atom. The number of carbonyl (C=O) groups excluding carboxylic acids is 3. The van der Waals surface area contributed by atoms with E-state index in [0.717, 1.165) is 22.3 Å². The smallest absolute Gasteiger partial charge is 0.410 e. The molecule has 0 spiro atoms. The number of benzene rings is 3. The van der Waals surface area contributed by atoms with Crippen LogP contribution in [0.1, 0.15) is 64.2 Å². The average Bonchev–Trinajstić information content (AvgIpc) is 3.31. The van der Waals surface area contributed by atoms with Crippen molar-refractivity contribution in [2.75, 3.05) is 26.3 Å². The molecule has 0 aliphatic heterocycles. The standard InChI is InChI=1S/C37H44N2O9/c1-36(2,3)47-32(40)22-39(35(44)48-37(4,5)6)19-20-45-25-17-15-24(16-18-25)21-31(33(41)42)38-34(43)46-23-30-28-13-9-7-11-26(28)27-12-8-10-14-29(27)30/h7-18,30-31H,19-23H2,1-6H3,(H,38,43)(H,41,42)/t31-/m0/s1. The summed E-state index contributed by atoms with van der Waals surface area (Å²) in [6.45, 7) is 10.3. The first-order valence-electron chi connectivity index (χ1n) is 15.9. The zero-order valence-corrected chi connectivity index (χ0v) is 28.3. The van der Waals surface area contributed by atoms with Gasteiger partial charge in [0.05, 0.1) is 6.54 Å². The summed E-state index contributed by atoms with van der Waals surface area (Å²) in [6, 6.07) is 21.4. The molecule has 0 heterocycles. The van der Waals surface area contributed by atoms with Gasteiger partial charge in [-0.2, -0.15) is 0 Å². The molecule has 3 aromatic carbocycles. The van der Waals surface area contributed by atoms with Crippen molar-refractivity contribution in [3.05, 3.63) is 89.5 Å². The monoisotopic (exact) mass is 660 g/mol. The highest BCUT2D eigenvalue weighted by Crippen LogP contribution is 2.44. The van der Waals surface area contributed by atoms with Gasteiger partial charge in [0.2, 0.25) is 0 Å². The van der Waals surface area contributed by atoms with E-state index >= 15 is 0 Å². The fourth-order valence-electron chi connectivity index (χ4n) is 5.30. The van der Waals surface area contributed by atoms with E-state index in [0.29, 0.717) is 11.3 Å². The molecule has 0 unspecified atom stereocenters. The molecule has 4 rings (SSSR count). The molecule has 3 aromatic rings. The molecule has 11 nitrogen and oxygen atoms in total. The Bertz CT molecular complexity index is 1560. The fourth-order valence-corrected chi connectivity index (χ4v) is 5.30. The number of hydrogen-bond acceptors (Lipinski definition) is 8. The summed E-state index contributed by atoms with van der Waals surface area (Å²) < 4.78 is 22.1. The van der Waals surface area contributed by atoms with Crippen molar-refractivity contribution in [2.24, 2.45) is 0 Å². The minimum absolute atomic E-state index is 0.0160. The Morgan fingerprint density at radius 2 is 1.38 bits per heavy atom. The molecule has 1 aliphatic rings. The van der Waals surface area contributed by atoms with Crippen LogP contribution in [0.3, 0.4) is 0 Å². The number of fused-ring (bicyclic) bond motifs is 3. The molecular formula is C37H44N2O9. The fraction of sp³-hybridized carbons (Fsp3) is 0.405. The maximum atomic E-state index is 12.7. The minimum atomic E-state index is -1.22. The molecule has 2 amide bonds. The van der Waals surface area contributed by atoms with Gasteiger partial charge in [-0.1, -0.05) is 60.7 Å². The van der Waals surface area contributed by atoms with Crippen molar-refractivity contribution in [1.29, 1.82) is 0 Å². The molecule has 1 aliphatic carbocycles. The number of ether oxygens (including phenoxy) is 4. The highest BCUT2D eigenvalue weighted by atomic mass is 16.6. The lowest BCUT2D eigenvalue weighted by molar-refractivity contribution is -0.156. The van der Waals surface area contributed by atoms with Crippen LogP contribution in [0.25, 0.3) is 11.1 Å². The third-order valence-electron chi connectivity index (χ3n) is 7.32. The number of aliphatic carboxylic acids is 1. The second-order valence-corrected chi connectivity index (χ2v) is 13.5. The van der Waals surface area contributed by atoms with E-state index in [1.165, 1.54) is 4.90 Å². The normalized spacial score (nSPS) is 13.0. The van der Waals surface area contributed by atoms with E-state index < -0.39 is 41.4 Å². The van der Waals surface area contributed by atoms with Gasteiger partial charge in [-0.25, -0.2) is 14.4 Å². The molecule has 0 saturated heterocycles. The van der Waals surface area contributed by atoms with Crippen LogP contribution in [0.2, 0.25) is 0 Å². The first-order valence-corrected chi connectivity index (χ1v) is 15.9. The number of carbonyl (C=O) groups is 4. The largest absolute Gasteiger partial charge is 0.492 e. The maximum Gasteiger partial charge on any atom is 0.410 e. The Kier molecular flexibility index (Phi) is 11.4. The summed E-state index contributed by atoms with van der Waals surface area (Å²) >= 11 is 0. The lowest BCUT2D eigenvalue weighted by Crippen LogP contribution is -2.43. The molecule has 0 fully saturated rings. The molecule has 1 atom stereocenters. The van der Waals surface area contributed by atoms with Gasteiger partial charge in [0.1, 0.15) is 42.8 Å². The van der Waals surface area contributed by atoms with Gasteiger partial charge >= 0.3 is 24.1 Å². The van der Waals surface area contributed by atoms with Gasteiger partial charge < -0.3 is 29.4 Å². The SMILES string of the molecule is CC(C)(C)OC(=O)CN(CCOc1ccc(C[C@H](NC(=O)OCC2c3ccccc3-c3ccccc32)C(=O)O)cc1)C(=O)OC(C)(C)C. The van der Waals surface area contributed by atoms with Gasteiger partial charge in [0.25, 0.3) is 0 Å². The number of alkyl carbamates (subject to hydrolysis) is 1. The molecule has 0 bridgehead atoms. The van der Waals surface area contributed by atoms with Crippen LogP contribution >= 0.6 is 0 Å². The predicted octanol–water partition coefficient (Wildman–Crippen LogP) is 6.18. The summed E-state index contributed by atoms with van der Waals surface area (Å²) in [4.78, 5) is 51.1. The summed E-state index contributed by atoms with van der Waals surface area (Å²) in [6.07, 6.45) is -1.47. The zero-order chi connectivity index (χ0) is 35.1. The first kappa shape index (κ1) is 35.8. The van der Waals surface area contributed by atoms with E-state index in [1.807, 2.05) is 48.5 Å². The number of carboxylic acid groups (broad SMARTS) is 1. The maximum absolute atomic E-state index is 12.7. The van der Waals surface area contributed by atoms with Crippen molar-refractivity contribution in [3.63, 3.8) is 0 Å². The van der Waals surface area contributed by atoms with Crippen LogP contribution in [-0.4, -0.2) is 77.7 Å². The predicted molar refractivity (Wildman–Crippen MR) is 179 cm³/mol. The van der Waals surface area contributed by atoms with Gasteiger partial charge in [-0.05, 0) is 81.5 Å². The second-order valence-electron chi connectivity index (χ2n) is 13.5. The van der Waals surface area contributed by atoms with Crippen LogP contribution in [0.4, 0.5) is 9.59 Å². The molecule has 11 heteroatoms. The molecule has 0 aromatic heterocycles. The topological polar surface area (TPSA) is 141 Å². The van der Waals surface area contributed by atoms with Gasteiger partial charge in [0, 0.05) is 12.3 Å². The van der Waals surface area contributed by atoms with E-state index in [-0.39, 0.29) is 38.6 Å². The van der Waals surface area contributed by atoms with Crippen LogP contribution < -0.4 is 10.1 Å². The molecule has 0 radical (unpaired) electrons. The molecule has 2 N–H and O–H groups in total. The van der Waals surface area contributed by atoms with E-state index in [2.05, 4.69) is 5.32 Å². The summed E-state index contributed by atoms with van der Waals surface area (Å²) in [7, 11) is 0. The van der Waals surface area contributed by atoms with Crippen molar-refractivity contribution >= 4 is 24.1 Å². The van der Waals surface area contributed by atoms with E-state index in [9.17, 15) is 24.3 Å². The summed E-state index contributed by atoms with van der Waals surface area (Å²) in [5.41, 5.74) is 3.49. The first-order chi connectivity index (χ1) is 22.6. The number of carboxylic acids is 1. The molecule has 256 valence electrons. The number of hydrogen-bond donors (Lipinski definition) is 2. The average molecular weight is 661 g/mol. The lowest BCUT2D eigenvalue weighted by Gasteiger charge is -2.28. The minimum Gasteiger partial charge on any atom is -0.492 e. The lowest BCUT2D eigenvalue weighted by atomic mass is 9.98. The number of rotatable bonds is 12. The van der Waals surface area contributed by atoms with E-state index in [1.54, 1.807) is 65.8 Å². The van der Waals surface area contributed by atoms with Crippen molar-refractivity contribution in [3.8, 4) is 16.9 Å². The number of nitrogens with zero attached hydrogens (tertiary/aromatic N) is 1. The highest BCUT2D eigenvalue weighted by molar-refractivity contribution is 5.81. The van der Waals surface area contributed by atoms with Crippen molar-refractivity contribution in [2.45, 2.75) is 71.1 Å². The molecular weight excluding hydrogens is 616 g/mol. The van der Waals surface area contributed by atoms with Gasteiger partial charge in [-0.15, -0.1) is 0 Å². The molecule has 48 heavy (non-hydrogen) atoms. The highest BCUT2D eigenvalue weighted by Gasteiger charge is 2.30. The van der Waals surface area contributed by atoms with Gasteiger partial charge in [-0.3, -0.25) is 9.69 Å². The van der Waals surface area contributed by atoms with Crippen LogP contribution in [0.5, 0.6) is 5.75 Å².